The SMILES string of the molecule is CN(C(=O)c1cccc(OC(F)(F)F)c1)[C@H]1CCCNC1. The lowest BCUT2D eigenvalue weighted by Crippen LogP contribution is -2.46. The van der Waals surface area contributed by atoms with Crippen LogP contribution in [0, 0.1) is 0 Å². The molecule has 1 saturated heterocycles. The van der Waals surface area contributed by atoms with E-state index in [2.05, 4.69) is 10.1 Å². The molecule has 0 bridgehead atoms. The first-order chi connectivity index (χ1) is 9.87. The Hall–Kier alpha value is -1.76. The number of piperidine rings is 1. The molecular weight excluding hydrogens is 285 g/mol. The molecule has 1 aliphatic heterocycles. The third-order valence-electron chi connectivity index (χ3n) is 3.45. The Kier molecular flexibility index (Phi) is 4.72. The molecule has 1 amide bonds. The molecule has 0 aliphatic carbocycles. The molecule has 1 fully saturated rings. The first-order valence-corrected chi connectivity index (χ1v) is 6.70. The second-order valence-electron chi connectivity index (χ2n) is 4.99. The van der Waals surface area contributed by atoms with Crippen molar-refractivity contribution in [3.8, 4) is 5.75 Å². The van der Waals surface area contributed by atoms with Gasteiger partial charge in [-0.2, -0.15) is 0 Å². The Morgan fingerprint density at radius 2 is 2.19 bits per heavy atom. The summed E-state index contributed by atoms with van der Waals surface area (Å²) in [5.41, 5.74) is 0.185. The molecule has 0 unspecified atom stereocenters. The summed E-state index contributed by atoms with van der Waals surface area (Å²) in [6.45, 7) is 1.62. The van der Waals surface area contributed by atoms with E-state index in [0.717, 1.165) is 25.5 Å². The topological polar surface area (TPSA) is 41.6 Å². The van der Waals surface area contributed by atoms with Gasteiger partial charge in [-0.3, -0.25) is 4.79 Å². The van der Waals surface area contributed by atoms with Crippen molar-refractivity contribution in [3.63, 3.8) is 0 Å². The van der Waals surface area contributed by atoms with Crippen LogP contribution in [0.4, 0.5) is 13.2 Å². The number of carbonyl (C=O) groups is 1. The van der Waals surface area contributed by atoms with E-state index in [-0.39, 0.29) is 23.3 Å². The second-order valence-corrected chi connectivity index (χ2v) is 4.99. The molecule has 1 heterocycles. The largest absolute Gasteiger partial charge is 0.573 e. The fourth-order valence-corrected chi connectivity index (χ4v) is 2.36. The number of benzene rings is 1. The van der Waals surface area contributed by atoms with Gasteiger partial charge in [0.1, 0.15) is 5.75 Å². The van der Waals surface area contributed by atoms with E-state index >= 15 is 0 Å². The zero-order valence-electron chi connectivity index (χ0n) is 11.6. The number of amides is 1. The van der Waals surface area contributed by atoms with Gasteiger partial charge in [-0.05, 0) is 37.6 Å². The van der Waals surface area contributed by atoms with Crippen LogP contribution in [-0.2, 0) is 0 Å². The standard InChI is InChI=1S/C14H17F3N2O2/c1-19(11-5-3-7-18-9-11)13(20)10-4-2-6-12(8-10)21-14(15,16)17/h2,4,6,8,11,18H,3,5,7,9H2,1H3/t11-/m0/s1. The number of halogens is 3. The van der Waals surface area contributed by atoms with Crippen molar-refractivity contribution in [1.82, 2.24) is 10.2 Å². The zero-order valence-corrected chi connectivity index (χ0v) is 11.6. The van der Waals surface area contributed by atoms with Gasteiger partial charge in [0.05, 0.1) is 0 Å². The summed E-state index contributed by atoms with van der Waals surface area (Å²) in [6.07, 6.45) is -2.91. The Labute approximate surface area is 120 Å². The summed E-state index contributed by atoms with van der Waals surface area (Å²) in [5, 5.41) is 3.20. The van der Waals surface area contributed by atoms with Crippen molar-refractivity contribution in [2.45, 2.75) is 25.2 Å². The maximum Gasteiger partial charge on any atom is 0.573 e. The van der Waals surface area contributed by atoms with E-state index in [1.54, 1.807) is 11.9 Å². The maximum absolute atomic E-state index is 12.3. The number of nitrogens with zero attached hydrogens (tertiary/aromatic N) is 1. The highest BCUT2D eigenvalue weighted by atomic mass is 19.4. The predicted octanol–water partition coefficient (Wildman–Crippen LogP) is 2.41. The Morgan fingerprint density at radius 1 is 1.43 bits per heavy atom. The Morgan fingerprint density at radius 3 is 2.81 bits per heavy atom. The number of rotatable bonds is 3. The number of hydrogen-bond donors (Lipinski definition) is 1. The molecule has 21 heavy (non-hydrogen) atoms. The van der Waals surface area contributed by atoms with Crippen molar-refractivity contribution < 1.29 is 22.7 Å². The van der Waals surface area contributed by atoms with Crippen LogP contribution in [-0.4, -0.2) is 43.3 Å². The normalized spacial score (nSPS) is 19.1. The van der Waals surface area contributed by atoms with E-state index in [4.69, 9.17) is 0 Å². The summed E-state index contributed by atoms with van der Waals surface area (Å²) in [7, 11) is 1.66. The van der Waals surface area contributed by atoms with Gasteiger partial charge in [-0.1, -0.05) is 6.07 Å². The lowest BCUT2D eigenvalue weighted by atomic mass is 10.1. The van der Waals surface area contributed by atoms with Gasteiger partial charge in [-0.15, -0.1) is 13.2 Å². The fraction of sp³-hybridized carbons (Fsp3) is 0.500. The number of likely N-dealkylation sites (N-methyl/N-ethyl adjacent to an activating group) is 1. The van der Waals surface area contributed by atoms with Crippen LogP contribution in [0.15, 0.2) is 24.3 Å². The zero-order chi connectivity index (χ0) is 15.5. The van der Waals surface area contributed by atoms with Gasteiger partial charge >= 0.3 is 6.36 Å². The quantitative estimate of drug-likeness (QED) is 0.932. The molecule has 0 spiro atoms. The highest BCUT2D eigenvalue weighted by molar-refractivity contribution is 5.94. The average molecular weight is 302 g/mol. The molecule has 0 saturated carbocycles. The number of ether oxygens (including phenoxy) is 1. The summed E-state index contributed by atoms with van der Waals surface area (Å²) >= 11 is 0. The van der Waals surface area contributed by atoms with E-state index in [1.807, 2.05) is 0 Å². The number of carbonyl (C=O) groups excluding carboxylic acids is 1. The smallest absolute Gasteiger partial charge is 0.406 e. The van der Waals surface area contributed by atoms with Crippen molar-refractivity contribution in [1.29, 1.82) is 0 Å². The summed E-state index contributed by atoms with van der Waals surface area (Å²) in [6, 6.07) is 5.20. The molecule has 1 aromatic carbocycles. The third-order valence-corrected chi connectivity index (χ3v) is 3.45. The highest BCUT2D eigenvalue weighted by Crippen LogP contribution is 2.24. The number of hydrogen-bond acceptors (Lipinski definition) is 3. The van der Waals surface area contributed by atoms with Crippen molar-refractivity contribution >= 4 is 5.91 Å². The monoisotopic (exact) mass is 302 g/mol. The first kappa shape index (κ1) is 15.6. The molecule has 1 aliphatic rings. The first-order valence-electron chi connectivity index (χ1n) is 6.70. The van der Waals surface area contributed by atoms with E-state index in [0.29, 0.717) is 6.54 Å². The minimum atomic E-state index is -4.76. The van der Waals surface area contributed by atoms with Gasteiger partial charge < -0.3 is 15.0 Å². The molecule has 1 aromatic rings. The van der Waals surface area contributed by atoms with Crippen LogP contribution in [0.1, 0.15) is 23.2 Å². The van der Waals surface area contributed by atoms with Gasteiger partial charge in [-0.25, -0.2) is 0 Å². The lowest BCUT2D eigenvalue weighted by molar-refractivity contribution is -0.274. The molecule has 1 atom stereocenters. The Balaban J connectivity index is 2.09. The molecule has 2 rings (SSSR count). The van der Waals surface area contributed by atoms with Crippen LogP contribution < -0.4 is 10.1 Å². The van der Waals surface area contributed by atoms with Crippen molar-refractivity contribution in [2.75, 3.05) is 20.1 Å². The average Bonchev–Trinajstić information content (AvgIpc) is 2.45. The van der Waals surface area contributed by atoms with Gasteiger partial charge in [0.15, 0.2) is 0 Å². The molecule has 7 heteroatoms. The van der Waals surface area contributed by atoms with Crippen LogP contribution in [0.5, 0.6) is 5.75 Å². The maximum atomic E-state index is 12.3. The molecule has 4 nitrogen and oxygen atoms in total. The minimum Gasteiger partial charge on any atom is -0.406 e. The van der Waals surface area contributed by atoms with Crippen LogP contribution >= 0.6 is 0 Å². The highest BCUT2D eigenvalue weighted by Gasteiger charge is 2.31. The lowest BCUT2D eigenvalue weighted by Gasteiger charge is -2.31. The summed E-state index contributed by atoms with van der Waals surface area (Å²) in [5.74, 6) is -0.695. The predicted molar refractivity (Wildman–Crippen MR) is 71.1 cm³/mol. The minimum absolute atomic E-state index is 0.0541. The molecule has 0 radical (unpaired) electrons. The molecule has 0 aromatic heterocycles. The van der Waals surface area contributed by atoms with E-state index in [9.17, 15) is 18.0 Å². The number of nitrogens with one attached hydrogen (secondary N) is 1. The van der Waals surface area contributed by atoms with Gasteiger partial charge in [0.2, 0.25) is 0 Å². The summed E-state index contributed by atoms with van der Waals surface area (Å²) < 4.78 is 40.4. The van der Waals surface area contributed by atoms with Crippen LogP contribution in [0.3, 0.4) is 0 Å². The van der Waals surface area contributed by atoms with Gasteiger partial charge in [0.25, 0.3) is 5.91 Å². The Bertz CT molecular complexity index is 499. The third kappa shape index (κ3) is 4.35. The van der Waals surface area contributed by atoms with Gasteiger partial charge in [0, 0.05) is 25.2 Å². The second kappa shape index (κ2) is 6.34. The van der Waals surface area contributed by atoms with E-state index < -0.39 is 6.36 Å². The van der Waals surface area contributed by atoms with E-state index in [1.165, 1.54) is 18.2 Å². The van der Waals surface area contributed by atoms with Crippen LogP contribution in [0.2, 0.25) is 0 Å². The molecular formula is C14H17F3N2O2. The fourth-order valence-electron chi connectivity index (χ4n) is 2.36. The molecule has 1 N–H and O–H groups in total. The summed E-state index contributed by atoms with van der Waals surface area (Å²) in [4.78, 5) is 13.9. The van der Waals surface area contributed by atoms with Crippen molar-refractivity contribution in [2.24, 2.45) is 0 Å². The van der Waals surface area contributed by atoms with Crippen molar-refractivity contribution in [3.05, 3.63) is 29.8 Å². The number of alkyl halides is 3. The van der Waals surface area contributed by atoms with Crippen LogP contribution in [0.25, 0.3) is 0 Å². The molecule has 116 valence electrons.